The third-order valence-electron chi connectivity index (χ3n) is 5.86. The minimum Gasteiger partial charge on any atom is -0.366 e. The molecule has 0 atom stereocenters. The summed E-state index contributed by atoms with van der Waals surface area (Å²) in [4.78, 5) is 36.6. The maximum absolute atomic E-state index is 13.4. The van der Waals surface area contributed by atoms with E-state index in [9.17, 15) is 9.59 Å². The second-order valence-electron chi connectivity index (χ2n) is 7.79. The molecule has 6 nitrogen and oxygen atoms in total. The van der Waals surface area contributed by atoms with Crippen LogP contribution >= 0.6 is 0 Å². The fourth-order valence-electron chi connectivity index (χ4n) is 4.14. The van der Waals surface area contributed by atoms with Crippen molar-refractivity contribution in [2.45, 2.75) is 25.4 Å². The highest BCUT2D eigenvalue weighted by Crippen LogP contribution is 2.34. The molecule has 2 amide bonds. The van der Waals surface area contributed by atoms with E-state index in [1.54, 1.807) is 12.4 Å². The number of aromatic nitrogens is 1. The number of carbonyl (C=O) groups is 2. The van der Waals surface area contributed by atoms with Crippen molar-refractivity contribution in [2.75, 3.05) is 27.2 Å². The van der Waals surface area contributed by atoms with Gasteiger partial charge in [0.05, 0.1) is 12.1 Å². The quantitative estimate of drug-likeness (QED) is 0.734. The highest BCUT2D eigenvalue weighted by atomic mass is 16.2. The van der Waals surface area contributed by atoms with E-state index in [1.165, 1.54) is 4.90 Å². The van der Waals surface area contributed by atoms with Crippen LogP contribution in [0.15, 0.2) is 60.6 Å². The average molecular weight is 390 g/mol. The van der Waals surface area contributed by atoms with Gasteiger partial charge in [0, 0.05) is 25.5 Å². The molecule has 0 spiro atoms. The molecule has 6 heteroatoms. The van der Waals surface area contributed by atoms with Crippen LogP contribution in [0.3, 0.4) is 0 Å². The van der Waals surface area contributed by atoms with Gasteiger partial charge in [-0.2, -0.15) is 0 Å². The Morgan fingerprint density at radius 1 is 1.03 bits per heavy atom. The summed E-state index contributed by atoms with van der Waals surface area (Å²) in [5.74, 6) is -0.459. The van der Waals surface area contributed by atoms with Gasteiger partial charge in [0.25, 0.3) is 11.8 Å². The lowest BCUT2D eigenvalue weighted by Crippen LogP contribution is -2.43. The number of imide groups is 1. The molecule has 1 aromatic carbocycles. The zero-order valence-electron chi connectivity index (χ0n) is 16.9. The zero-order chi connectivity index (χ0) is 20.4. The van der Waals surface area contributed by atoms with Gasteiger partial charge in [0.15, 0.2) is 0 Å². The maximum Gasteiger partial charge on any atom is 0.278 e. The summed E-state index contributed by atoms with van der Waals surface area (Å²) in [5.41, 5.74) is 2.64. The van der Waals surface area contributed by atoms with Crippen molar-refractivity contribution in [1.82, 2.24) is 19.7 Å². The third-order valence-corrected chi connectivity index (χ3v) is 5.86. The molecule has 1 fully saturated rings. The highest BCUT2D eigenvalue weighted by Gasteiger charge is 2.42. The fraction of sp³-hybridized carbons (Fsp3) is 0.348. The first kappa shape index (κ1) is 19.3. The number of likely N-dealkylation sites (tertiary alicyclic amines) is 1. The first-order valence-corrected chi connectivity index (χ1v) is 10.0. The number of hydrogen-bond acceptors (Lipinski definition) is 5. The van der Waals surface area contributed by atoms with Crippen LogP contribution in [-0.4, -0.2) is 64.7 Å². The molecule has 2 aliphatic rings. The van der Waals surface area contributed by atoms with Gasteiger partial charge in [-0.3, -0.25) is 19.5 Å². The number of hydrogen-bond donors (Lipinski definition) is 0. The van der Waals surface area contributed by atoms with Crippen molar-refractivity contribution in [1.29, 1.82) is 0 Å². The Kier molecular flexibility index (Phi) is 5.45. The molecular formula is C23H26N4O2. The van der Waals surface area contributed by atoms with Crippen LogP contribution in [-0.2, 0) is 16.1 Å². The second kappa shape index (κ2) is 8.17. The molecular weight excluding hydrogens is 364 g/mol. The number of pyridine rings is 1. The van der Waals surface area contributed by atoms with Crippen molar-refractivity contribution in [2.24, 2.45) is 0 Å². The Hall–Kier alpha value is -2.99. The lowest BCUT2D eigenvalue weighted by atomic mass is 10.0. The normalized spacial score (nSPS) is 18.6. The van der Waals surface area contributed by atoms with Crippen molar-refractivity contribution in [3.8, 4) is 0 Å². The molecule has 0 N–H and O–H groups in total. The van der Waals surface area contributed by atoms with Crippen molar-refractivity contribution in [3.05, 3.63) is 71.7 Å². The number of rotatable bonds is 5. The van der Waals surface area contributed by atoms with E-state index in [2.05, 4.69) is 16.9 Å². The molecule has 1 aromatic heterocycles. The van der Waals surface area contributed by atoms with E-state index < -0.39 is 0 Å². The molecule has 0 aliphatic carbocycles. The maximum atomic E-state index is 13.4. The lowest BCUT2D eigenvalue weighted by Gasteiger charge is -2.36. The molecule has 1 saturated heterocycles. The molecule has 3 heterocycles. The van der Waals surface area contributed by atoms with Gasteiger partial charge in [-0.1, -0.05) is 36.4 Å². The Balaban J connectivity index is 1.70. The van der Waals surface area contributed by atoms with E-state index in [1.807, 2.05) is 54.4 Å². The predicted octanol–water partition coefficient (Wildman–Crippen LogP) is 2.39. The number of amides is 2. The molecule has 4 rings (SSSR count). The van der Waals surface area contributed by atoms with Gasteiger partial charge in [-0.15, -0.1) is 0 Å². The summed E-state index contributed by atoms with van der Waals surface area (Å²) in [7, 11) is 4.07. The predicted molar refractivity (Wildman–Crippen MR) is 111 cm³/mol. The van der Waals surface area contributed by atoms with E-state index >= 15 is 0 Å². The summed E-state index contributed by atoms with van der Waals surface area (Å²) in [6, 6.07) is 13.5. The topological polar surface area (TPSA) is 56.8 Å². The molecule has 150 valence electrons. The third kappa shape index (κ3) is 3.80. The van der Waals surface area contributed by atoms with E-state index in [0.717, 1.165) is 37.1 Å². The van der Waals surface area contributed by atoms with Crippen LogP contribution in [0.4, 0.5) is 0 Å². The van der Waals surface area contributed by atoms with Crippen LogP contribution in [0, 0.1) is 0 Å². The summed E-state index contributed by atoms with van der Waals surface area (Å²) in [6.45, 7) is 2.21. The van der Waals surface area contributed by atoms with E-state index in [0.29, 0.717) is 11.3 Å². The summed E-state index contributed by atoms with van der Waals surface area (Å²) >= 11 is 0. The summed E-state index contributed by atoms with van der Waals surface area (Å²) in [5, 5.41) is 0. The number of piperidine rings is 1. The van der Waals surface area contributed by atoms with Gasteiger partial charge in [0.1, 0.15) is 5.70 Å². The standard InChI is InChI=1S/C23H26N4O2/c1-25-13-10-19(11-14-25)26(2)21-20(18-8-4-3-5-9-18)22(28)27(23(21)29)16-17-7-6-12-24-15-17/h3-9,12,15,19H,10-11,13-14,16H2,1-2H3. The van der Waals surface area contributed by atoms with E-state index in [-0.39, 0.29) is 24.4 Å². The Morgan fingerprint density at radius 2 is 1.76 bits per heavy atom. The van der Waals surface area contributed by atoms with Crippen LogP contribution in [0.25, 0.3) is 5.57 Å². The minimum absolute atomic E-state index is 0.223. The van der Waals surface area contributed by atoms with Crippen LogP contribution in [0.1, 0.15) is 24.0 Å². The highest BCUT2D eigenvalue weighted by molar-refractivity contribution is 6.35. The van der Waals surface area contributed by atoms with Gasteiger partial charge < -0.3 is 9.80 Å². The smallest absolute Gasteiger partial charge is 0.278 e. The molecule has 0 bridgehead atoms. The van der Waals surface area contributed by atoms with Crippen LogP contribution in [0.2, 0.25) is 0 Å². The largest absolute Gasteiger partial charge is 0.366 e. The van der Waals surface area contributed by atoms with E-state index in [4.69, 9.17) is 0 Å². The average Bonchev–Trinajstić information content (AvgIpc) is 3.00. The molecule has 29 heavy (non-hydrogen) atoms. The Morgan fingerprint density at radius 3 is 2.41 bits per heavy atom. The number of nitrogens with zero attached hydrogens (tertiary/aromatic N) is 4. The van der Waals surface area contributed by atoms with Gasteiger partial charge in [0.2, 0.25) is 0 Å². The van der Waals surface area contributed by atoms with Crippen LogP contribution < -0.4 is 0 Å². The van der Waals surface area contributed by atoms with Gasteiger partial charge >= 0.3 is 0 Å². The molecule has 0 saturated carbocycles. The van der Waals surface area contributed by atoms with Gasteiger partial charge in [-0.05, 0) is 50.2 Å². The first-order chi connectivity index (χ1) is 14.1. The van der Waals surface area contributed by atoms with Gasteiger partial charge in [-0.25, -0.2) is 0 Å². The minimum atomic E-state index is -0.236. The Labute approximate surface area is 171 Å². The number of carbonyl (C=O) groups excluding carboxylic acids is 2. The monoisotopic (exact) mass is 390 g/mol. The fourth-order valence-corrected chi connectivity index (χ4v) is 4.14. The lowest BCUT2D eigenvalue weighted by molar-refractivity contribution is -0.138. The zero-order valence-corrected chi connectivity index (χ0v) is 16.9. The van der Waals surface area contributed by atoms with Crippen molar-refractivity contribution < 1.29 is 9.59 Å². The molecule has 0 radical (unpaired) electrons. The van der Waals surface area contributed by atoms with Crippen LogP contribution in [0.5, 0.6) is 0 Å². The SMILES string of the molecule is CN1CCC(N(C)C2=C(c3ccccc3)C(=O)N(Cc3cccnc3)C2=O)CC1. The second-order valence-corrected chi connectivity index (χ2v) is 7.79. The molecule has 2 aromatic rings. The number of benzene rings is 1. The van der Waals surface area contributed by atoms with Crippen molar-refractivity contribution in [3.63, 3.8) is 0 Å². The molecule has 2 aliphatic heterocycles. The summed E-state index contributed by atoms with van der Waals surface area (Å²) in [6.07, 6.45) is 5.33. The summed E-state index contributed by atoms with van der Waals surface area (Å²) < 4.78 is 0. The molecule has 0 unspecified atom stereocenters. The Bertz CT molecular complexity index is 918. The number of likely N-dealkylation sites (N-methyl/N-ethyl adjacent to an activating group) is 1. The van der Waals surface area contributed by atoms with Crippen molar-refractivity contribution >= 4 is 17.4 Å². The first-order valence-electron chi connectivity index (χ1n) is 10.0.